The molecule has 1 saturated heterocycles. The molecule has 0 atom stereocenters. The number of nitrogens with zero attached hydrogens (tertiary/aromatic N) is 4. The van der Waals surface area contributed by atoms with Crippen molar-refractivity contribution in [1.29, 1.82) is 0 Å². The van der Waals surface area contributed by atoms with Gasteiger partial charge in [0.1, 0.15) is 17.0 Å². The molecule has 3 aromatic heterocycles. The van der Waals surface area contributed by atoms with E-state index in [0.29, 0.717) is 6.54 Å². The third-order valence-electron chi connectivity index (χ3n) is 6.09. The molecule has 1 aliphatic heterocycles. The summed E-state index contributed by atoms with van der Waals surface area (Å²) < 4.78 is 0. The number of aryl methyl sites for hydroxylation is 2. The Bertz CT molecular complexity index is 1010. The maximum atomic E-state index is 12.6. The van der Waals surface area contributed by atoms with E-state index in [2.05, 4.69) is 25.2 Å². The van der Waals surface area contributed by atoms with Gasteiger partial charge < -0.3 is 10.2 Å². The fourth-order valence-corrected chi connectivity index (χ4v) is 5.73. The smallest absolute Gasteiger partial charge is 0.223 e. The van der Waals surface area contributed by atoms with Gasteiger partial charge in [-0.25, -0.2) is 9.97 Å². The van der Waals surface area contributed by atoms with Gasteiger partial charge in [0.25, 0.3) is 0 Å². The highest BCUT2D eigenvalue weighted by atomic mass is 32.1. The number of carbonyl (C=O) groups excluding carboxylic acids is 1. The van der Waals surface area contributed by atoms with Gasteiger partial charge >= 0.3 is 0 Å². The maximum Gasteiger partial charge on any atom is 0.223 e. The van der Waals surface area contributed by atoms with Gasteiger partial charge in [-0.15, -0.1) is 11.3 Å². The molecule has 29 heavy (non-hydrogen) atoms. The molecule has 3 aromatic rings. The quantitative estimate of drug-likeness (QED) is 0.717. The zero-order valence-electron chi connectivity index (χ0n) is 16.4. The zero-order chi connectivity index (χ0) is 19.6. The van der Waals surface area contributed by atoms with Crippen LogP contribution in [0.25, 0.3) is 10.2 Å². The van der Waals surface area contributed by atoms with E-state index in [0.717, 1.165) is 48.6 Å². The van der Waals surface area contributed by atoms with Crippen LogP contribution in [-0.4, -0.2) is 33.9 Å². The van der Waals surface area contributed by atoms with Crippen LogP contribution in [0.15, 0.2) is 30.9 Å². The van der Waals surface area contributed by atoms with Gasteiger partial charge in [0, 0.05) is 42.8 Å². The molecule has 0 radical (unpaired) electrons. The summed E-state index contributed by atoms with van der Waals surface area (Å²) in [6.07, 6.45) is 11.8. The molecule has 1 fully saturated rings. The molecule has 1 amide bonds. The van der Waals surface area contributed by atoms with Crippen LogP contribution >= 0.6 is 11.3 Å². The SMILES string of the molecule is O=C(NCc1cccnc1)C1CCN(c2ncnc3sc4c(c23)CCCC4)CC1. The van der Waals surface area contributed by atoms with Gasteiger partial charge in [0.15, 0.2) is 0 Å². The molecule has 1 N–H and O–H groups in total. The maximum absolute atomic E-state index is 12.6. The van der Waals surface area contributed by atoms with Gasteiger partial charge in [0.2, 0.25) is 5.91 Å². The van der Waals surface area contributed by atoms with E-state index in [1.165, 1.54) is 35.1 Å². The summed E-state index contributed by atoms with van der Waals surface area (Å²) >= 11 is 1.84. The molecule has 150 valence electrons. The van der Waals surface area contributed by atoms with Crippen molar-refractivity contribution in [3.8, 4) is 0 Å². The van der Waals surface area contributed by atoms with Crippen LogP contribution in [0.4, 0.5) is 5.82 Å². The lowest BCUT2D eigenvalue weighted by molar-refractivity contribution is -0.125. The highest BCUT2D eigenvalue weighted by Crippen LogP contribution is 2.40. The average molecular weight is 408 g/mol. The Kier molecular flexibility index (Phi) is 5.14. The molecule has 7 heteroatoms. The lowest BCUT2D eigenvalue weighted by Crippen LogP contribution is -2.40. The van der Waals surface area contributed by atoms with Crippen LogP contribution in [0.3, 0.4) is 0 Å². The second-order valence-electron chi connectivity index (χ2n) is 7.93. The Hall–Kier alpha value is -2.54. The van der Waals surface area contributed by atoms with E-state index >= 15 is 0 Å². The number of piperidine rings is 1. The molecule has 1 aliphatic carbocycles. The highest BCUT2D eigenvalue weighted by Gasteiger charge is 2.28. The number of thiophene rings is 1. The van der Waals surface area contributed by atoms with Crippen molar-refractivity contribution < 1.29 is 4.79 Å². The lowest BCUT2D eigenvalue weighted by Gasteiger charge is -2.32. The molecule has 5 rings (SSSR count). The Labute approximate surface area is 174 Å². The second-order valence-corrected chi connectivity index (χ2v) is 9.01. The normalized spacial score (nSPS) is 17.3. The van der Waals surface area contributed by atoms with Crippen molar-refractivity contribution in [3.05, 3.63) is 46.9 Å². The second kappa shape index (κ2) is 8.06. The number of pyridine rings is 1. The Morgan fingerprint density at radius 2 is 2.07 bits per heavy atom. The van der Waals surface area contributed by atoms with Crippen LogP contribution < -0.4 is 10.2 Å². The monoisotopic (exact) mass is 407 g/mol. The summed E-state index contributed by atoms with van der Waals surface area (Å²) in [6.45, 7) is 2.27. The van der Waals surface area contributed by atoms with E-state index in [1.807, 2.05) is 23.5 Å². The summed E-state index contributed by atoms with van der Waals surface area (Å²) in [7, 11) is 0. The molecule has 2 aliphatic rings. The minimum Gasteiger partial charge on any atom is -0.356 e. The van der Waals surface area contributed by atoms with Crippen molar-refractivity contribution >= 4 is 33.3 Å². The van der Waals surface area contributed by atoms with Crippen molar-refractivity contribution in [2.24, 2.45) is 5.92 Å². The predicted octanol–water partition coefficient (Wildman–Crippen LogP) is 3.50. The van der Waals surface area contributed by atoms with Gasteiger partial charge in [-0.1, -0.05) is 6.07 Å². The molecule has 0 unspecified atom stereocenters. The van der Waals surface area contributed by atoms with E-state index in [9.17, 15) is 4.79 Å². The summed E-state index contributed by atoms with van der Waals surface area (Å²) in [6, 6.07) is 3.88. The number of aromatic nitrogens is 3. The Balaban J connectivity index is 1.26. The van der Waals surface area contributed by atoms with Gasteiger partial charge in [-0.05, 0) is 55.7 Å². The number of fused-ring (bicyclic) bond motifs is 3. The highest BCUT2D eigenvalue weighted by molar-refractivity contribution is 7.19. The molecule has 0 aromatic carbocycles. The summed E-state index contributed by atoms with van der Waals surface area (Å²) in [5.41, 5.74) is 2.51. The first-order valence-electron chi connectivity index (χ1n) is 10.5. The first-order valence-corrected chi connectivity index (χ1v) is 11.3. The number of hydrogen-bond donors (Lipinski definition) is 1. The fourth-order valence-electron chi connectivity index (χ4n) is 4.50. The first-order chi connectivity index (χ1) is 14.3. The molecular weight excluding hydrogens is 382 g/mol. The summed E-state index contributed by atoms with van der Waals surface area (Å²) in [5, 5.41) is 4.34. The first kappa shape index (κ1) is 18.5. The molecule has 0 saturated carbocycles. The zero-order valence-corrected chi connectivity index (χ0v) is 17.2. The molecule has 0 bridgehead atoms. The number of amides is 1. The largest absolute Gasteiger partial charge is 0.356 e. The molecular formula is C22H25N5OS. The molecule has 6 nitrogen and oxygen atoms in total. The predicted molar refractivity (Wildman–Crippen MR) is 115 cm³/mol. The van der Waals surface area contributed by atoms with Gasteiger partial charge in [-0.2, -0.15) is 0 Å². The van der Waals surface area contributed by atoms with Crippen LogP contribution in [-0.2, 0) is 24.2 Å². The van der Waals surface area contributed by atoms with E-state index < -0.39 is 0 Å². The van der Waals surface area contributed by atoms with E-state index in [-0.39, 0.29) is 11.8 Å². The third kappa shape index (κ3) is 3.71. The van der Waals surface area contributed by atoms with Crippen LogP contribution in [0.2, 0.25) is 0 Å². The molecule has 0 spiro atoms. The van der Waals surface area contributed by atoms with Gasteiger partial charge in [0.05, 0.1) is 5.39 Å². The van der Waals surface area contributed by atoms with Gasteiger partial charge in [-0.3, -0.25) is 9.78 Å². The van der Waals surface area contributed by atoms with Crippen molar-refractivity contribution in [3.63, 3.8) is 0 Å². The summed E-state index contributed by atoms with van der Waals surface area (Å²) in [4.78, 5) is 30.9. The number of hydrogen-bond acceptors (Lipinski definition) is 6. The van der Waals surface area contributed by atoms with Crippen molar-refractivity contribution in [1.82, 2.24) is 20.3 Å². The van der Waals surface area contributed by atoms with Crippen LogP contribution in [0.1, 0.15) is 41.7 Å². The lowest BCUT2D eigenvalue weighted by atomic mass is 9.94. The number of nitrogens with one attached hydrogen (secondary N) is 1. The Morgan fingerprint density at radius 1 is 1.21 bits per heavy atom. The number of rotatable bonds is 4. The van der Waals surface area contributed by atoms with Crippen LogP contribution in [0.5, 0.6) is 0 Å². The third-order valence-corrected chi connectivity index (χ3v) is 7.29. The standard InChI is InChI=1S/C22H25N5OS/c28-21(24-13-15-4-3-9-23-12-15)16-7-10-27(11-8-16)20-19-17-5-1-2-6-18(17)29-22(19)26-14-25-20/h3-4,9,12,14,16H,1-2,5-8,10-11,13H2,(H,24,28). The van der Waals surface area contributed by atoms with Crippen LogP contribution in [0, 0.1) is 5.92 Å². The average Bonchev–Trinajstić information content (AvgIpc) is 3.17. The fraction of sp³-hybridized carbons (Fsp3) is 0.455. The molecule has 4 heterocycles. The van der Waals surface area contributed by atoms with Crippen molar-refractivity contribution in [2.45, 2.75) is 45.1 Å². The topological polar surface area (TPSA) is 71.0 Å². The van der Waals surface area contributed by atoms with Crippen molar-refractivity contribution in [2.75, 3.05) is 18.0 Å². The minimum absolute atomic E-state index is 0.0663. The summed E-state index contributed by atoms with van der Waals surface area (Å²) in [5.74, 6) is 1.29. The number of anilines is 1. The van der Waals surface area contributed by atoms with E-state index in [4.69, 9.17) is 0 Å². The Morgan fingerprint density at radius 3 is 2.90 bits per heavy atom. The van der Waals surface area contributed by atoms with E-state index in [1.54, 1.807) is 18.7 Å². The number of carbonyl (C=O) groups is 1. The minimum atomic E-state index is 0.0663.